The van der Waals surface area contributed by atoms with Crippen molar-refractivity contribution in [3.8, 4) is 0 Å². The maximum Gasteiger partial charge on any atom is 0.344 e. The van der Waals surface area contributed by atoms with E-state index in [1.165, 1.54) is 0 Å². The third-order valence-corrected chi connectivity index (χ3v) is 4.54. The second kappa shape index (κ2) is 4.21. The molecule has 1 heterocycles. The topological polar surface area (TPSA) is 78.5 Å². The standard InChI is InChI=1S/C13H19N3O3/c1-8-7-9(8)10(17)15-16-11(18)13(14-12(16)19)5-3-2-4-6-13/h8-9H,2-7H2,1H3,(H,14,19)(H,15,17)/t8-,9-/m1/s1. The van der Waals surface area contributed by atoms with E-state index in [1.54, 1.807) is 0 Å². The van der Waals surface area contributed by atoms with Gasteiger partial charge in [0.15, 0.2) is 0 Å². The Morgan fingerprint density at radius 3 is 2.53 bits per heavy atom. The number of carbonyl (C=O) groups is 3. The van der Waals surface area contributed by atoms with Gasteiger partial charge >= 0.3 is 6.03 Å². The van der Waals surface area contributed by atoms with Crippen molar-refractivity contribution in [2.45, 2.75) is 51.0 Å². The monoisotopic (exact) mass is 265 g/mol. The molecule has 19 heavy (non-hydrogen) atoms. The van der Waals surface area contributed by atoms with Crippen LogP contribution in [0.15, 0.2) is 0 Å². The molecule has 1 saturated heterocycles. The molecule has 0 radical (unpaired) electrons. The summed E-state index contributed by atoms with van der Waals surface area (Å²) in [5.74, 6) is -0.212. The van der Waals surface area contributed by atoms with Gasteiger partial charge in [-0.3, -0.25) is 15.0 Å². The van der Waals surface area contributed by atoms with E-state index in [1.807, 2.05) is 6.92 Å². The molecule has 0 aromatic rings. The van der Waals surface area contributed by atoms with Crippen molar-refractivity contribution in [3.63, 3.8) is 0 Å². The van der Waals surface area contributed by atoms with E-state index in [0.717, 1.165) is 30.7 Å². The third-order valence-electron chi connectivity index (χ3n) is 4.54. The number of hydrogen-bond donors (Lipinski definition) is 2. The molecule has 0 bridgehead atoms. The van der Waals surface area contributed by atoms with Crippen LogP contribution in [0.3, 0.4) is 0 Å². The summed E-state index contributed by atoms with van der Waals surface area (Å²) in [5.41, 5.74) is 1.71. The molecule has 2 atom stereocenters. The minimum absolute atomic E-state index is 0.0523. The molecule has 104 valence electrons. The van der Waals surface area contributed by atoms with E-state index in [0.29, 0.717) is 18.8 Å². The van der Waals surface area contributed by atoms with E-state index >= 15 is 0 Å². The molecule has 1 aliphatic heterocycles. The summed E-state index contributed by atoms with van der Waals surface area (Å²) < 4.78 is 0. The van der Waals surface area contributed by atoms with Crippen molar-refractivity contribution in [2.75, 3.05) is 0 Å². The number of amides is 4. The number of hydrogen-bond acceptors (Lipinski definition) is 3. The van der Waals surface area contributed by atoms with Crippen LogP contribution >= 0.6 is 0 Å². The number of urea groups is 1. The lowest BCUT2D eigenvalue weighted by Gasteiger charge is -2.30. The molecule has 4 amide bonds. The molecule has 0 aromatic carbocycles. The van der Waals surface area contributed by atoms with Crippen molar-refractivity contribution >= 4 is 17.8 Å². The van der Waals surface area contributed by atoms with Crippen molar-refractivity contribution in [1.29, 1.82) is 0 Å². The zero-order valence-corrected chi connectivity index (χ0v) is 11.1. The summed E-state index contributed by atoms with van der Waals surface area (Å²) in [6.45, 7) is 1.98. The Labute approximate surface area is 111 Å². The molecule has 1 spiro atoms. The Kier molecular flexibility index (Phi) is 2.76. The predicted molar refractivity (Wildman–Crippen MR) is 66.6 cm³/mol. The lowest BCUT2D eigenvalue weighted by Crippen LogP contribution is -2.51. The minimum atomic E-state index is -0.766. The van der Waals surface area contributed by atoms with Gasteiger partial charge in [0.1, 0.15) is 5.54 Å². The van der Waals surface area contributed by atoms with Crippen LogP contribution in [0, 0.1) is 11.8 Å². The molecule has 6 heteroatoms. The highest BCUT2D eigenvalue weighted by atomic mass is 16.2. The van der Waals surface area contributed by atoms with Gasteiger partial charge in [0.05, 0.1) is 0 Å². The fourth-order valence-electron chi connectivity index (χ4n) is 3.10. The number of nitrogens with zero attached hydrogens (tertiary/aromatic N) is 1. The highest BCUT2D eigenvalue weighted by molar-refractivity contribution is 6.08. The van der Waals surface area contributed by atoms with Crippen LogP contribution in [-0.4, -0.2) is 28.4 Å². The van der Waals surface area contributed by atoms with Crippen LogP contribution in [-0.2, 0) is 9.59 Å². The molecular formula is C13H19N3O3. The summed E-state index contributed by atoms with van der Waals surface area (Å²) in [4.78, 5) is 36.1. The molecule has 6 nitrogen and oxygen atoms in total. The second-order valence-electron chi connectivity index (χ2n) is 6.01. The Morgan fingerprint density at radius 2 is 1.95 bits per heavy atom. The molecular weight excluding hydrogens is 246 g/mol. The van der Waals surface area contributed by atoms with E-state index in [4.69, 9.17) is 0 Å². The zero-order chi connectivity index (χ0) is 13.6. The van der Waals surface area contributed by atoms with Gasteiger partial charge in [-0.1, -0.05) is 26.2 Å². The average molecular weight is 265 g/mol. The first-order valence-electron chi connectivity index (χ1n) is 7.01. The van der Waals surface area contributed by atoms with Crippen molar-refractivity contribution < 1.29 is 14.4 Å². The van der Waals surface area contributed by atoms with Crippen LogP contribution in [0.2, 0.25) is 0 Å². The summed E-state index contributed by atoms with van der Waals surface area (Å²) in [7, 11) is 0. The van der Waals surface area contributed by atoms with Gasteiger partial charge < -0.3 is 5.32 Å². The molecule has 2 saturated carbocycles. The summed E-state index contributed by atoms with van der Waals surface area (Å²) in [6, 6.07) is -0.492. The first kappa shape index (κ1) is 12.4. The third kappa shape index (κ3) is 1.99. The Morgan fingerprint density at radius 1 is 1.32 bits per heavy atom. The number of carbonyl (C=O) groups excluding carboxylic acids is 3. The van der Waals surface area contributed by atoms with E-state index in [-0.39, 0.29) is 17.7 Å². The SMILES string of the molecule is C[C@@H]1C[C@H]1C(=O)NN1C(=O)NC2(CCCCC2)C1=O. The predicted octanol–water partition coefficient (Wildman–Crippen LogP) is 0.928. The molecule has 2 N–H and O–H groups in total. The fourth-order valence-corrected chi connectivity index (χ4v) is 3.10. The van der Waals surface area contributed by atoms with Crippen molar-refractivity contribution in [3.05, 3.63) is 0 Å². The molecule has 3 rings (SSSR count). The van der Waals surface area contributed by atoms with Crippen molar-refractivity contribution in [1.82, 2.24) is 15.8 Å². The Balaban J connectivity index is 1.70. The number of rotatable bonds is 2. The minimum Gasteiger partial charge on any atom is -0.322 e. The summed E-state index contributed by atoms with van der Waals surface area (Å²) in [5, 5.41) is 3.66. The highest BCUT2D eigenvalue weighted by Crippen LogP contribution is 2.38. The largest absolute Gasteiger partial charge is 0.344 e. The fraction of sp³-hybridized carbons (Fsp3) is 0.769. The van der Waals surface area contributed by atoms with Crippen LogP contribution in [0.25, 0.3) is 0 Å². The summed E-state index contributed by atoms with van der Waals surface area (Å²) >= 11 is 0. The molecule has 0 unspecified atom stereocenters. The average Bonchev–Trinajstić information content (AvgIpc) is 3.08. The number of imide groups is 1. The number of nitrogens with one attached hydrogen (secondary N) is 2. The van der Waals surface area contributed by atoms with Gasteiger partial charge in [0.25, 0.3) is 5.91 Å². The molecule has 3 fully saturated rings. The van der Waals surface area contributed by atoms with E-state index < -0.39 is 11.6 Å². The smallest absolute Gasteiger partial charge is 0.322 e. The van der Waals surface area contributed by atoms with Crippen LogP contribution in [0.1, 0.15) is 45.4 Å². The van der Waals surface area contributed by atoms with E-state index in [9.17, 15) is 14.4 Å². The normalized spacial score (nSPS) is 32.4. The Bertz CT molecular complexity index is 442. The van der Waals surface area contributed by atoms with Crippen LogP contribution in [0.4, 0.5) is 4.79 Å². The highest BCUT2D eigenvalue weighted by Gasteiger charge is 2.53. The quantitative estimate of drug-likeness (QED) is 0.729. The molecule has 3 aliphatic rings. The van der Waals surface area contributed by atoms with E-state index in [2.05, 4.69) is 10.7 Å². The van der Waals surface area contributed by atoms with Gasteiger partial charge in [-0.05, 0) is 25.2 Å². The van der Waals surface area contributed by atoms with Gasteiger partial charge in [-0.2, -0.15) is 5.01 Å². The van der Waals surface area contributed by atoms with Gasteiger partial charge in [-0.25, -0.2) is 4.79 Å². The van der Waals surface area contributed by atoms with Gasteiger partial charge in [-0.15, -0.1) is 0 Å². The van der Waals surface area contributed by atoms with Gasteiger partial charge in [0, 0.05) is 5.92 Å². The van der Waals surface area contributed by atoms with Crippen LogP contribution < -0.4 is 10.7 Å². The van der Waals surface area contributed by atoms with Crippen LogP contribution in [0.5, 0.6) is 0 Å². The lowest BCUT2D eigenvalue weighted by atomic mass is 9.82. The maximum atomic E-state index is 12.4. The first-order chi connectivity index (χ1) is 9.03. The zero-order valence-electron chi connectivity index (χ0n) is 11.1. The van der Waals surface area contributed by atoms with Crippen molar-refractivity contribution in [2.24, 2.45) is 11.8 Å². The summed E-state index contributed by atoms with van der Waals surface area (Å²) in [6.07, 6.45) is 5.14. The first-order valence-corrected chi connectivity index (χ1v) is 7.01. The second-order valence-corrected chi connectivity index (χ2v) is 6.01. The lowest BCUT2D eigenvalue weighted by molar-refractivity contribution is -0.140. The van der Waals surface area contributed by atoms with Gasteiger partial charge in [0.2, 0.25) is 5.91 Å². The molecule has 0 aromatic heterocycles. The number of hydrazine groups is 1. The maximum absolute atomic E-state index is 12.4. The Hall–Kier alpha value is -1.59. The molecule has 2 aliphatic carbocycles.